The molecule has 0 bridgehead atoms. The summed E-state index contributed by atoms with van der Waals surface area (Å²) in [5.41, 5.74) is 3.08. The fourth-order valence-electron chi connectivity index (χ4n) is 1.85. The van der Waals surface area contributed by atoms with Gasteiger partial charge in [0.25, 0.3) is 0 Å². The van der Waals surface area contributed by atoms with Crippen LogP contribution >= 0.6 is 0 Å². The van der Waals surface area contributed by atoms with Crippen molar-refractivity contribution in [3.8, 4) is 0 Å². The quantitative estimate of drug-likeness (QED) is 0.837. The van der Waals surface area contributed by atoms with Crippen LogP contribution in [0.25, 0.3) is 0 Å². The van der Waals surface area contributed by atoms with Gasteiger partial charge >= 0.3 is 5.97 Å². The molecule has 0 saturated carbocycles. The highest BCUT2D eigenvalue weighted by atomic mass is 16.5. The van der Waals surface area contributed by atoms with Crippen LogP contribution in [-0.2, 0) is 17.7 Å². The lowest BCUT2D eigenvalue weighted by molar-refractivity contribution is 0.0563. The summed E-state index contributed by atoms with van der Waals surface area (Å²) in [5.74, 6) is -0.203. The van der Waals surface area contributed by atoms with Crippen molar-refractivity contribution >= 4 is 11.7 Å². The molecule has 0 fully saturated rings. The van der Waals surface area contributed by atoms with Crippen molar-refractivity contribution in [2.75, 3.05) is 12.4 Å². The van der Waals surface area contributed by atoms with Gasteiger partial charge in [-0.15, -0.1) is 0 Å². The summed E-state index contributed by atoms with van der Waals surface area (Å²) in [6, 6.07) is 9.96. The third-order valence-corrected chi connectivity index (χ3v) is 2.94. The number of carbonyl (C=O) groups is 1. The van der Waals surface area contributed by atoms with Gasteiger partial charge in [-0.25, -0.2) is 4.79 Å². The van der Waals surface area contributed by atoms with Crippen LogP contribution in [-0.4, -0.2) is 13.1 Å². The predicted molar refractivity (Wildman–Crippen MR) is 73.2 cm³/mol. The van der Waals surface area contributed by atoms with E-state index < -0.39 is 5.97 Å². The van der Waals surface area contributed by atoms with Gasteiger partial charge in [-0.05, 0) is 30.2 Å². The van der Waals surface area contributed by atoms with Gasteiger partial charge in [0, 0.05) is 17.8 Å². The zero-order valence-electron chi connectivity index (χ0n) is 11.1. The van der Waals surface area contributed by atoms with E-state index in [-0.39, 0.29) is 5.76 Å². The van der Waals surface area contributed by atoms with Crippen LogP contribution in [0.3, 0.4) is 0 Å². The molecule has 4 heteroatoms. The molecule has 2 aromatic rings. The van der Waals surface area contributed by atoms with E-state index in [1.54, 1.807) is 6.07 Å². The first-order valence-corrected chi connectivity index (χ1v) is 6.22. The van der Waals surface area contributed by atoms with Crippen LogP contribution < -0.4 is 5.32 Å². The number of furan rings is 1. The van der Waals surface area contributed by atoms with E-state index in [0.29, 0.717) is 6.54 Å². The number of hydrogen-bond donors (Lipinski definition) is 1. The molecule has 19 heavy (non-hydrogen) atoms. The van der Waals surface area contributed by atoms with Crippen LogP contribution in [0.4, 0.5) is 5.69 Å². The summed E-state index contributed by atoms with van der Waals surface area (Å²) in [4.78, 5) is 11.5. The molecule has 0 unspecified atom stereocenters. The highest BCUT2D eigenvalue weighted by Gasteiger charge is 2.15. The van der Waals surface area contributed by atoms with Gasteiger partial charge in [0.2, 0.25) is 5.76 Å². The SMILES string of the molecule is CCc1cccc(NCc2ccoc2C(=O)OC)c1. The van der Waals surface area contributed by atoms with E-state index in [1.165, 1.54) is 18.9 Å². The zero-order chi connectivity index (χ0) is 13.7. The minimum absolute atomic E-state index is 0.252. The van der Waals surface area contributed by atoms with Crippen LogP contribution in [0.15, 0.2) is 41.0 Å². The number of benzene rings is 1. The van der Waals surface area contributed by atoms with Crippen molar-refractivity contribution in [3.63, 3.8) is 0 Å². The topological polar surface area (TPSA) is 51.5 Å². The standard InChI is InChI=1S/C15H17NO3/c1-3-11-5-4-6-13(9-11)16-10-12-7-8-19-14(12)15(17)18-2/h4-9,16H,3,10H2,1-2H3. The van der Waals surface area contributed by atoms with E-state index in [0.717, 1.165) is 17.7 Å². The molecule has 1 aromatic heterocycles. The first-order valence-electron chi connectivity index (χ1n) is 6.22. The molecular formula is C15H17NO3. The fourth-order valence-corrected chi connectivity index (χ4v) is 1.85. The lowest BCUT2D eigenvalue weighted by Crippen LogP contribution is -2.06. The second kappa shape index (κ2) is 6.09. The first kappa shape index (κ1) is 13.2. The monoisotopic (exact) mass is 259 g/mol. The van der Waals surface area contributed by atoms with Gasteiger partial charge < -0.3 is 14.5 Å². The van der Waals surface area contributed by atoms with Gasteiger partial charge in [0.05, 0.1) is 13.4 Å². The van der Waals surface area contributed by atoms with Crippen LogP contribution in [0.1, 0.15) is 28.6 Å². The molecule has 1 aromatic carbocycles. The molecule has 0 aliphatic heterocycles. The highest BCUT2D eigenvalue weighted by Crippen LogP contribution is 2.16. The number of carbonyl (C=O) groups excluding carboxylic acids is 1. The molecule has 0 radical (unpaired) electrons. The zero-order valence-corrected chi connectivity index (χ0v) is 11.1. The lowest BCUT2D eigenvalue weighted by Gasteiger charge is -2.07. The predicted octanol–water partition coefficient (Wildman–Crippen LogP) is 3.24. The first-order chi connectivity index (χ1) is 9.24. The Morgan fingerprint density at radius 2 is 2.21 bits per heavy atom. The van der Waals surface area contributed by atoms with Gasteiger partial charge in [-0.3, -0.25) is 0 Å². The number of hydrogen-bond acceptors (Lipinski definition) is 4. The Kier molecular flexibility index (Phi) is 4.23. The van der Waals surface area contributed by atoms with E-state index >= 15 is 0 Å². The number of rotatable bonds is 5. The summed E-state index contributed by atoms with van der Waals surface area (Å²) in [5, 5.41) is 3.27. The lowest BCUT2D eigenvalue weighted by atomic mass is 10.1. The van der Waals surface area contributed by atoms with Crippen LogP contribution in [0.2, 0.25) is 0 Å². The van der Waals surface area contributed by atoms with Gasteiger partial charge in [-0.1, -0.05) is 19.1 Å². The normalized spacial score (nSPS) is 10.2. The second-order valence-electron chi connectivity index (χ2n) is 4.17. The molecule has 1 N–H and O–H groups in total. The fraction of sp³-hybridized carbons (Fsp3) is 0.267. The molecular weight excluding hydrogens is 242 g/mol. The van der Waals surface area contributed by atoms with E-state index in [1.807, 2.05) is 12.1 Å². The second-order valence-corrected chi connectivity index (χ2v) is 4.17. The van der Waals surface area contributed by atoms with Crippen LogP contribution in [0.5, 0.6) is 0 Å². The third kappa shape index (κ3) is 3.16. The maximum atomic E-state index is 11.5. The highest BCUT2D eigenvalue weighted by molar-refractivity contribution is 5.87. The molecule has 0 spiro atoms. The van der Waals surface area contributed by atoms with Crippen molar-refractivity contribution in [2.45, 2.75) is 19.9 Å². The molecule has 1 heterocycles. The Bertz CT molecular complexity index is 560. The largest absolute Gasteiger partial charge is 0.463 e. The molecule has 0 aliphatic rings. The van der Waals surface area contributed by atoms with E-state index in [9.17, 15) is 4.79 Å². The summed E-state index contributed by atoms with van der Waals surface area (Å²) in [7, 11) is 1.34. The Morgan fingerprint density at radius 1 is 1.37 bits per heavy atom. The number of methoxy groups -OCH3 is 1. The number of aryl methyl sites for hydroxylation is 1. The molecule has 0 atom stereocenters. The molecule has 100 valence electrons. The summed E-state index contributed by atoms with van der Waals surface area (Å²) >= 11 is 0. The molecule has 0 amide bonds. The Hall–Kier alpha value is -2.23. The van der Waals surface area contributed by atoms with Crippen molar-refractivity contribution in [2.24, 2.45) is 0 Å². The summed E-state index contributed by atoms with van der Waals surface area (Å²) < 4.78 is 9.80. The third-order valence-electron chi connectivity index (χ3n) is 2.94. The smallest absolute Gasteiger partial charge is 0.374 e. The molecule has 4 nitrogen and oxygen atoms in total. The van der Waals surface area contributed by atoms with Crippen molar-refractivity contribution in [1.29, 1.82) is 0 Å². The number of nitrogens with one attached hydrogen (secondary N) is 1. The minimum atomic E-state index is -0.455. The maximum absolute atomic E-state index is 11.5. The number of ether oxygens (including phenoxy) is 1. The average molecular weight is 259 g/mol. The molecule has 2 rings (SSSR count). The minimum Gasteiger partial charge on any atom is -0.463 e. The van der Waals surface area contributed by atoms with E-state index in [4.69, 9.17) is 4.42 Å². The average Bonchev–Trinajstić information content (AvgIpc) is 2.93. The van der Waals surface area contributed by atoms with Gasteiger partial charge in [-0.2, -0.15) is 0 Å². The maximum Gasteiger partial charge on any atom is 0.374 e. The van der Waals surface area contributed by atoms with Crippen molar-refractivity contribution < 1.29 is 13.9 Å². The van der Waals surface area contributed by atoms with Crippen molar-refractivity contribution in [3.05, 3.63) is 53.5 Å². The van der Waals surface area contributed by atoms with Crippen LogP contribution in [0, 0.1) is 0 Å². The molecule has 0 aliphatic carbocycles. The number of anilines is 1. The Morgan fingerprint density at radius 3 is 2.95 bits per heavy atom. The summed E-state index contributed by atoms with van der Waals surface area (Å²) in [6.07, 6.45) is 2.49. The summed E-state index contributed by atoms with van der Waals surface area (Å²) in [6.45, 7) is 2.64. The Balaban J connectivity index is 2.06. The van der Waals surface area contributed by atoms with Gasteiger partial charge in [0.15, 0.2) is 0 Å². The Labute approximate surface area is 112 Å². The number of esters is 1. The van der Waals surface area contributed by atoms with Crippen molar-refractivity contribution in [1.82, 2.24) is 0 Å². The van der Waals surface area contributed by atoms with Gasteiger partial charge in [0.1, 0.15) is 0 Å². The molecule has 0 saturated heterocycles. The van der Waals surface area contributed by atoms with E-state index in [2.05, 4.69) is 29.1 Å².